The number of aliphatic hydroxyl groups is 2. The van der Waals surface area contributed by atoms with Crippen LogP contribution in [0.2, 0.25) is 0 Å². The van der Waals surface area contributed by atoms with E-state index in [0.717, 1.165) is 47.8 Å². The zero-order valence-corrected chi connectivity index (χ0v) is 70.4. The molecule has 40 nitrogen and oxygen atoms in total. The van der Waals surface area contributed by atoms with Gasteiger partial charge in [-0.2, -0.15) is 9.97 Å². The Morgan fingerprint density at radius 2 is 0.935 bits per heavy atom. The molecule has 2 unspecified atom stereocenters. The third-order valence-corrected chi connectivity index (χ3v) is 23.9. The van der Waals surface area contributed by atoms with Crippen LogP contribution in [-0.4, -0.2) is 215 Å². The van der Waals surface area contributed by atoms with Gasteiger partial charge in [0, 0.05) is 145 Å². The lowest BCUT2D eigenvalue weighted by Crippen LogP contribution is -2.39. The molecule has 4 aromatic carbocycles. The Labute approximate surface area is 705 Å². The van der Waals surface area contributed by atoms with Crippen LogP contribution in [-0.2, 0) is 36.7 Å². The van der Waals surface area contributed by atoms with Crippen molar-refractivity contribution in [2.75, 3.05) is 128 Å². The molecule has 2 aliphatic carbocycles. The third kappa shape index (κ3) is 17.8. The Hall–Kier alpha value is -12.3. The van der Waals surface area contributed by atoms with Gasteiger partial charge in [0.1, 0.15) is 87.5 Å². The second kappa shape index (κ2) is 35.5. The summed E-state index contributed by atoms with van der Waals surface area (Å²) >= 11 is 0. The number of fused-ring (bicyclic) bond motifs is 8. The van der Waals surface area contributed by atoms with Gasteiger partial charge >= 0.3 is 15.6 Å². The average molecular weight is 1740 g/mol. The second-order valence-electron chi connectivity index (χ2n) is 31.2. The van der Waals surface area contributed by atoms with Crippen LogP contribution in [0.3, 0.4) is 0 Å². The molecule has 0 saturated carbocycles. The van der Waals surface area contributed by atoms with E-state index in [-0.39, 0.29) is 87.5 Å². The molecular formula is C82H92N18O22P2. The number of aromatic carboxylic acids is 2. The quantitative estimate of drug-likeness (QED) is 0.0159. The van der Waals surface area contributed by atoms with E-state index in [1.165, 1.54) is 27.3 Å². The van der Waals surface area contributed by atoms with Gasteiger partial charge in [-0.1, -0.05) is 37.8 Å². The summed E-state index contributed by atoms with van der Waals surface area (Å²) in [7, 11) is 6.58. The number of ether oxygens (including phenoxy) is 2. The van der Waals surface area contributed by atoms with Gasteiger partial charge in [-0.15, -0.1) is 0 Å². The average Bonchev–Trinajstić information content (AvgIpc) is 0.912. The summed E-state index contributed by atoms with van der Waals surface area (Å²) in [6.07, 6.45) is -3.92. The number of aliphatic hydroxyl groups excluding tert-OH is 2. The fraction of sp³-hybridized carbons (Fsp3) is 0.366. The maximum absolute atomic E-state index is 13.5. The SMILES string of the molecule is CN(C)c1ccc2c(-c3cc(C(=O)NCCCCCCNc4nc5c(=O)[nH]c(N)nc5n4[C@@H]4O[C@@H]5COP(=O)(O)O[C@H]5[C@H]4O)ccc3C(=O)[O-])c3ccc(=[N+](C)C)cc-3oc2c1.CN(C)c1ccc2c(-c3ccc(C(=O)NCCCCCCNc4nc5c(=O)[nH]c(N)nc5n4[C@@H]4O[C@@H]5COP(=O)(O)O[C@H]5[C@H]4O)cc3C(=O)[O-])c3ccc(=[N+](C)C)cc-3oc2c1. The minimum Gasteiger partial charge on any atom is -0.545 e. The molecule has 2 amide bonds. The van der Waals surface area contributed by atoms with Gasteiger partial charge in [0.15, 0.2) is 34.8 Å². The van der Waals surface area contributed by atoms with E-state index < -0.39 is 93.7 Å². The topological polar surface area (TPSA) is 551 Å². The minimum atomic E-state index is -4.39. The molecule has 42 heteroatoms. The normalized spacial score (nSPS) is 21.0. The van der Waals surface area contributed by atoms with E-state index in [1.54, 1.807) is 18.2 Å². The number of hydrogen-bond donors (Lipinski definition) is 12. The number of nitrogens with two attached hydrogens (primary N) is 2. The number of nitrogens with one attached hydrogen (secondary N) is 6. The van der Waals surface area contributed by atoms with Crippen molar-refractivity contribution in [3.8, 4) is 44.9 Å². The minimum absolute atomic E-state index is 0.0251. The number of rotatable bonds is 26. The molecule has 8 aliphatic rings. The van der Waals surface area contributed by atoms with Gasteiger partial charge in [-0.25, -0.2) is 28.2 Å². The van der Waals surface area contributed by atoms with Crippen LogP contribution in [0.15, 0.2) is 128 Å². The summed E-state index contributed by atoms with van der Waals surface area (Å²) in [5.74, 6) is -2.55. The van der Waals surface area contributed by atoms with Crippen molar-refractivity contribution in [2.45, 2.75) is 100 Å². The molecular weight excluding hydrogens is 1650 g/mol. The van der Waals surface area contributed by atoms with Crippen molar-refractivity contribution >= 4 is 119 Å². The van der Waals surface area contributed by atoms with Crippen LogP contribution < -0.4 is 83.7 Å². The number of phosphoric acid groups is 2. The van der Waals surface area contributed by atoms with E-state index in [1.807, 2.05) is 148 Å². The number of anilines is 6. The molecule has 16 rings (SSSR count). The Bertz CT molecular complexity index is 6510. The standard InChI is InChI=1S/2C41H46N9O11P/c1-48(2)22-10-13-25-28(18-22)59-29-19-23(49(3)4)11-14-26(29)31(25)27-17-21(9-12-24(27)39(54)55)36(52)43-15-7-5-6-8-16-44-41-45-32-35(46-40(42)47-37(32)53)50(41)38-33(51)34-30(60-38)20-58-62(56,57)61-34;1-48(2)22-10-13-25-28(18-22)59-29-19-23(49(3)4)11-14-26(29)31(25)24-12-9-21(17-27(24)39(54)55)36(52)43-15-7-5-6-8-16-44-41-45-32-35(46-40(42)47-37(32)53)50(41)38-33(51)34-30(60-38)20-58-62(56,57)61-34/h9-14,17-19,30,33-34,38,51H,5-8,15-16,20H2,1-4H3,(H6-,42,43,44,45,46,47,52,53,54,55,56,57);9-14,17-19,30,33-34,38,43,51H,5-8,15-16,20H2,1-4H3,(H5,42,47,52,53,54,55,56,57)/t2*30-,33-,34-,38-/m11/s1. The number of carboxylic acid groups (broad SMARTS) is 2. The molecule has 0 radical (unpaired) electrons. The largest absolute Gasteiger partial charge is 0.545 e. The van der Waals surface area contributed by atoms with Gasteiger partial charge in [0.05, 0.1) is 37.3 Å². The van der Waals surface area contributed by atoms with Crippen molar-refractivity contribution in [3.05, 3.63) is 163 Å². The summed E-state index contributed by atoms with van der Waals surface area (Å²) in [5, 5.41) is 62.8. The number of unbranched alkanes of at least 4 members (excludes halogenated alkanes) is 6. The fourth-order valence-electron chi connectivity index (χ4n) is 15.6. The summed E-state index contributed by atoms with van der Waals surface area (Å²) in [5.41, 5.74) is 16.9. The Kier molecular flexibility index (Phi) is 24.8. The van der Waals surface area contributed by atoms with E-state index in [4.69, 9.17) is 47.9 Å². The monoisotopic (exact) mass is 1740 g/mol. The molecule has 124 heavy (non-hydrogen) atoms. The van der Waals surface area contributed by atoms with Crippen LogP contribution in [0.25, 0.3) is 89.2 Å². The predicted octanol–water partition coefficient (Wildman–Crippen LogP) is 3.72. The maximum atomic E-state index is 13.5. The highest BCUT2D eigenvalue weighted by molar-refractivity contribution is 7.47. The number of phosphoric ester groups is 2. The van der Waals surface area contributed by atoms with Crippen LogP contribution in [0.4, 0.5) is 35.2 Å². The fourth-order valence-corrected chi connectivity index (χ4v) is 17.5. The number of aromatic nitrogens is 8. The summed E-state index contributed by atoms with van der Waals surface area (Å²) in [6.45, 7) is 0.866. The molecule has 6 aliphatic heterocycles. The first-order valence-electron chi connectivity index (χ1n) is 39.9. The molecule has 4 fully saturated rings. The molecule has 652 valence electrons. The zero-order valence-electron chi connectivity index (χ0n) is 68.6. The first-order chi connectivity index (χ1) is 59.2. The molecule has 14 N–H and O–H groups in total. The molecule has 4 saturated heterocycles. The zero-order chi connectivity index (χ0) is 88.1. The first-order valence-corrected chi connectivity index (χ1v) is 42.9. The van der Waals surface area contributed by atoms with Crippen LogP contribution in [0, 0.1) is 0 Å². The lowest BCUT2D eigenvalue weighted by atomic mass is 9.89. The van der Waals surface area contributed by atoms with Gasteiger partial charge in [0.2, 0.25) is 34.5 Å². The van der Waals surface area contributed by atoms with Gasteiger partial charge < -0.3 is 101 Å². The van der Waals surface area contributed by atoms with Crippen LogP contribution in [0.5, 0.6) is 0 Å². The van der Waals surface area contributed by atoms with Crippen molar-refractivity contribution in [3.63, 3.8) is 0 Å². The van der Waals surface area contributed by atoms with E-state index >= 15 is 0 Å². The highest BCUT2D eigenvalue weighted by Crippen LogP contribution is 2.55. The summed E-state index contributed by atoms with van der Waals surface area (Å²) < 4.78 is 75.3. The number of carbonyl (C=O) groups is 4. The Morgan fingerprint density at radius 1 is 0.524 bits per heavy atom. The van der Waals surface area contributed by atoms with E-state index in [0.29, 0.717) is 119 Å². The maximum Gasteiger partial charge on any atom is 0.472 e. The summed E-state index contributed by atoms with van der Waals surface area (Å²) in [4.78, 5) is 123. The van der Waals surface area contributed by atoms with Crippen LogP contribution in [0.1, 0.15) is 105 Å². The van der Waals surface area contributed by atoms with Gasteiger partial charge in [-0.3, -0.25) is 56.4 Å². The van der Waals surface area contributed by atoms with Crippen molar-refractivity contribution < 1.29 is 94.9 Å². The first kappa shape index (κ1) is 86.6. The number of aromatic amines is 2. The lowest BCUT2D eigenvalue weighted by Gasteiger charge is -2.27. The second-order valence-corrected chi connectivity index (χ2v) is 34.0. The number of imidazole rings is 2. The third-order valence-electron chi connectivity index (χ3n) is 21.9. The Balaban J connectivity index is 0.000000192. The summed E-state index contributed by atoms with van der Waals surface area (Å²) in [6, 6.07) is 31.9. The van der Waals surface area contributed by atoms with Crippen LogP contribution >= 0.6 is 15.6 Å². The number of nitrogen functional groups attached to an aromatic ring is 2. The molecule has 4 aromatic heterocycles. The number of carbonyl (C=O) groups excluding carboxylic acids is 4. The Morgan fingerprint density at radius 3 is 1.36 bits per heavy atom. The molecule has 0 bridgehead atoms. The van der Waals surface area contributed by atoms with Crippen molar-refractivity contribution in [1.29, 1.82) is 0 Å². The van der Waals surface area contributed by atoms with Crippen molar-refractivity contribution in [1.82, 2.24) is 58.8 Å². The number of benzene rings is 6. The van der Waals surface area contributed by atoms with Crippen molar-refractivity contribution in [2.24, 2.45) is 0 Å². The smallest absolute Gasteiger partial charge is 0.472 e. The molecule has 10 heterocycles. The number of hydrogen-bond acceptors (Lipinski definition) is 30. The molecule has 8 aromatic rings. The number of carboxylic acids is 2. The highest BCUT2D eigenvalue weighted by atomic mass is 31.2. The number of amides is 2. The lowest BCUT2D eigenvalue weighted by molar-refractivity contribution is -0.256. The predicted molar refractivity (Wildman–Crippen MR) is 453 cm³/mol. The molecule has 0 spiro atoms. The van der Waals surface area contributed by atoms with Gasteiger partial charge in [0.25, 0.3) is 22.9 Å². The van der Waals surface area contributed by atoms with E-state index in [2.05, 4.69) is 51.2 Å². The molecule has 10 atom stereocenters. The van der Waals surface area contributed by atoms with Gasteiger partial charge in [-0.05, 0) is 97.5 Å². The number of H-pyrrole nitrogens is 2. The van der Waals surface area contributed by atoms with E-state index in [9.17, 15) is 68.1 Å². The number of nitrogens with zero attached hydrogens (tertiary/aromatic N) is 10. The highest BCUT2D eigenvalue weighted by Gasteiger charge is 2.55.